The van der Waals surface area contributed by atoms with Crippen LogP contribution >= 0.6 is 11.3 Å². The van der Waals surface area contributed by atoms with E-state index < -0.39 is 0 Å². The lowest BCUT2D eigenvalue weighted by Gasteiger charge is -2.18. The maximum atomic E-state index is 12.5. The first-order valence-electron chi connectivity index (χ1n) is 7.91. The first-order valence-corrected chi connectivity index (χ1v) is 8.72. The van der Waals surface area contributed by atoms with Crippen molar-refractivity contribution in [1.82, 2.24) is 20.0 Å². The van der Waals surface area contributed by atoms with Crippen molar-refractivity contribution in [3.63, 3.8) is 0 Å². The Hall–Kier alpha value is -1.76. The molecule has 2 aromatic rings. The number of hydrogen-bond acceptors (Lipinski definition) is 6. The molecule has 0 atom stereocenters. The van der Waals surface area contributed by atoms with Gasteiger partial charge in [0.1, 0.15) is 0 Å². The fourth-order valence-corrected chi connectivity index (χ4v) is 3.16. The summed E-state index contributed by atoms with van der Waals surface area (Å²) in [7, 11) is 0. The molecule has 126 valence electrons. The number of likely N-dealkylation sites (N-methyl/N-ethyl adjacent to an activating group) is 1. The topological polar surface area (TPSA) is 72.1 Å². The largest absolute Gasteiger partial charge is 0.339 e. The smallest absolute Gasteiger partial charge is 0.229 e. The van der Waals surface area contributed by atoms with Crippen LogP contribution in [-0.2, 0) is 24.2 Å². The fourth-order valence-electron chi connectivity index (χ4n) is 2.32. The van der Waals surface area contributed by atoms with Crippen LogP contribution in [0.3, 0.4) is 0 Å². The van der Waals surface area contributed by atoms with Gasteiger partial charge in [-0.3, -0.25) is 4.79 Å². The lowest BCUT2D eigenvalue weighted by Crippen LogP contribution is -2.32. The molecule has 0 bridgehead atoms. The Morgan fingerprint density at radius 2 is 2.04 bits per heavy atom. The Balaban J connectivity index is 2.00. The van der Waals surface area contributed by atoms with Gasteiger partial charge in [-0.05, 0) is 26.7 Å². The van der Waals surface area contributed by atoms with Gasteiger partial charge in [-0.15, -0.1) is 11.3 Å². The predicted octanol–water partition coefficient (Wildman–Crippen LogP) is 2.93. The molecule has 0 saturated heterocycles. The zero-order chi connectivity index (χ0) is 17.0. The predicted molar refractivity (Wildman–Crippen MR) is 89.2 cm³/mol. The van der Waals surface area contributed by atoms with Gasteiger partial charge in [-0.25, -0.2) is 4.98 Å². The Morgan fingerprint density at radius 1 is 1.30 bits per heavy atom. The molecule has 0 N–H and O–H groups in total. The quantitative estimate of drug-likeness (QED) is 0.777. The van der Waals surface area contributed by atoms with E-state index in [2.05, 4.69) is 29.0 Å². The molecule has 2 heterocycles. The van der Waals surface area contributed by atoms with Crippen LogP contribution in [0.15, 0.2) is 4.52 Å². The average Bonchev–Trinajstić information content (AvgIpc) is 3.02. The summed E-state index contributed by atoms with van der Waals surface area (Å²) in [6.45, 7) is 11.1. The Bertz CT molecular complexity index is 663. The third-order valence-electron chi connectivity index (χ3n) is 3.48. The molecule has 0 aliphatic rings. The van der Waals surface area contributed by atoms with Gasteiger partial charge in [-0.1, -0.05) is 19.0 Å². The van der Waals surface area contributed by atoms with E-state index in [0.29, 0.717) is 37.1 Å². The molecule has 0 aliphatic heterocycles. The van der Waals surface area contributed by atoms with Crippen molar-refractivity contribution < 1.29 is 9.32 Å². The highest BCUT2D eigenvalue weighted by Gasteiger charge is 2.18. The fraction of sp³-hybridized carbons (Fsp3) is 0.625. The maximum absolute atomic E-state index is 12.5. The molecular formula is C16H24N4O2S. The van der Waals surface area contributed by atoms with E-state index in [1.54, 1.807) is 16.2 Å². The van der Waals surface area contributed by atoms with Crippen LogP contribution < -0.4 is 0 Å². The van der Waals surface area contributed by atoms with Crippen LogP contribution in [0.4, 0.5) is 0 Å². The molecule has 0 unspecified atom stereocenters. The molecule has 0 saturated carbocycles. The number of aryl methyl sites for hydroxylation is 2. The molecule has 2 rings (SSSR count). The zero-order valence-corrected chi connectivity index (χ0v) is 15.2. The minimum atomic E-state index is 0.0381. The molecule has 2 aromatic heterocycles. The lowest BCUT2D eigenvalue weighted by molar-refractivity contribution is -0.131. The Kier molecular flexibility index (Phi) is 5.87. The second kappa shape index (κ2) is 7.68. The highest BCUT2D eigenvalue weighted by molar-refractivity contribution is 7.11. The highest BCUT2D eigenvalue weighted by Crippen LogP contribution is 2.18. The van der Waals surface area contributed by atoms with E-state index >= 15 is 0 Å². The van der Waals surface area contributed by atoms with Crippen molar-refractivity contribution >= 4 is 17.2 Å². The van der Waals surface area contributed by atoms with Crippen molar-refractivity contribution in [3.05, 3.63) is 27.3 Å². The molecule has 0 radical (unpaired) electrons. The maximum Gasteiger partial charge on any atom is 0.229 e. The number of rotatable bonds is 7. The minimum Gasteiger partial charge on any atom is -0.339 e. The van der Waals surface area contributed by atoms with Crippen LogP contribution in [-0.4, -0.2) is 32.5 Å². The molecular weight excluding hydrogens is 312 g/mol. The van der Waals surface area contributed by atoms with E-state index in [9.17, 15) is 4.79 Å². The summed E-state index contributed by atoms with van der Waals surface area (Å²) >= 11 is 1.62. The summed E-state index contributed by atoms with van der Waals surface area (Å²) in [5.74, 6) is 1.69. The second-order valence-corrected chi connectivity index (χ2v) is 7.43. The van der Waals surface area contributed by atoms with Crippen molar-refractivity contribution in [2.45, 2.75) is 54.0 Å². The van der Waals surface area contributed by atoms with Gasteiger partial charge in [0, 0.05) is 17.8 Å². The van der Waals surface area contributed by atoms with Gasteiger partial charge in [0.25, 0.3) is 0 Å². The van der Waals surface area contributed by atoms with Gasteiger partial charge in [0.15, 0.2) is 5.82 Å². The van der Waals surface area contributed by atoms with Gasteiger partial charge < -0.3 is 9.42 Å². The van der Waals surface area contributed by atoms with Crippen molar-refractivity contribution in [1.29, 1.82) is 0 Å². The van der Waals surface area contributed by atoms with Crippen molar-refractivity contribution in [2.75, 3.05) is 6.54 Å². The Labute approximate surface area is 140 Å². The molecule has 1 amide bonds. The second-order valence-electron chi connectivity index (χ2n) is 6.02. The molecule has 23 heavy (non-hydrogen) atoms. The van der Waals surface area contributed by atoms with Crippen molar-refractivity contribution in [2.24, 2.45) is 5.92 Å². The van der Waals surface area contributed by atoms with Crippen LogP contribution in [0.2, 0.25) is 0 Å². The highest BCUT2D eigenvalue weighted by atomic mass is 32.1. The summed E-state index contributed by atoms with van der Waals surface area (Å²) in [5, 5.41) is 4.97. The van der Waals surface area contributed by atoms with Gasteiger partial charge in [0.05, 0.1) is 23.7 Å². The monoisotopic (exact) mass is 336 g/mol. The number of hydrogen-bond donors (Lipinski definition) is 0. The summed E-state index contributed by atoms with van der Waals surface area (Å²) in [6.07, 6.45) is 1.07. The van der Waals surface area contributed by atoms with E-state index in [4.69, 9.17) is 4.52 Å². The number of aromatic nitrogens is 3. The third-order valence-corrected chi connectivity index (χ3v) is 4.41. The number of carbonyl (C=O) groups excluding carboxylic acids is 1. The van der Waals surface area contributed by atoms with Crippen LogP contribution in [0.5, 0.6) is 0 Å². The normalized spacial score (nSPS) is 11.2. The molecule has 0 aliphatic carbocycles. The van der Waals surface area contributed by atoms with E-state index in [1.165, 1.54) is 0 Å². The molecule has 0 spiro atoms. The molecule has 0 aromatic carbocycles. The third kappa shape index (κ3) is 4.86. The lowest BCUT2D eigenvalue weighted by atomic mass is 10.1. The van der Waals surface area contributed by atoms with Gasteiger partial charge in [-0.2, -0.15) is 4.98 Å². The summed E-state index contributed by atoms with van der Waals surface area (Å²) < 4.78 is 5.23. The summed E-state index contributed by atoms with van der Waals surface area (Å²) in [6, 6.07) is 0. The minimum absolute atomic E-state index is 0.0381. The first-order chi connectivity index (χ1) is 10.9. The molecule has 7 heteroatoms. The average molecular weight is 336 g/mol. The standard InChI is InChI=1S/C16H24N4O2S/c1-6-20(9-14-18-15(22-19-14)7-10(2)3)16(21)8-13-11(4)23-12(5)17-13/h10H,6-9H2,1-5H3. The summed E-state index contributed by atoms with van der Waals surface area (Å²) in [5.41, 5.74) is 0.865. The number of amides is 1. The van der Waals surface area contributed by atoms with Gasteiger partial charge >= 0.3 is 0 Å². The first kappa shape index (κ1) is 17.6. The molecule has 6 nitrogen and oxygen atoms in total. The number of nitrogens with zero attached hydrogens (tertiary/aromatic N) is 4. The van der Waals surface area contributed by atoms with Crippen molar-refractivity contribution in [3.8, 4) is 0 Å². The van der Waals surface area contributed by atoms with E-state index in [-0.39, 0.29) is 5.91 Å². The van der Waals surface area contributed by atoms with Crippen LogP contribution in [0.25, 0.3) is 0 Å². The molecule has 0 fully saturated rings. The van der Waals surface area contributed by atoms with E-state index in [1.807, 2.05) is 20.8 Å². The van der Waals surface area contributed by atoms with Crippen LogP contribution in [0, 0.1) is 19.8 Å². The zero-order valence-electron chi connectivity index (χ0n) is 14.4. The number of thiazole rings is 1. The van der Waals surface area contributed by atoms with E-state index in [0.717, 1.165) is 22.0 Å². The number of carbonyl (C=O) groups is 1. The van der Waals surface area contributed by atoms with Crippen LogP contribution in [0.1, 0.15) is 48.1 Å². The SMILES string of the molecule is CCN(Cc1noc(CC(C)C)n1)C(=O)Cc1nc(C)sc1C. The summed E-state index contributed by atoms with van der Waals surface area (Å²) in [4.78, 5) is 24.1. The Morgan fingerprint density at radius 3 is 2.61 bits per heavy atom. The van der Waals surface area contributed by atoms with Gasteiger partial charge in [0.2, 0.25) is 11.8 Å².